The Labute approximate surface area is 185 Å². The number of likely N-dealkylation sites (N-methyl/N-ethyl adjacent to an activating group) is 1. The zero-order chi connectivity index (χ0) is 23.5. The number of rotatable bonds is 8. The van der Waals surface area contributed by atoms with Crippen LogP contribution < -0.4 is 20.0 Å². The minimum absolute atomic E-state index is 0.0899. The first-order valence-corrected chi connectivity index (χ1v) is 11.6. The second-order valence-corrected chi connectivity index (χ2v) is 9.46. The van der Waals surface area contributed by atoms with Gasteiger partial charge in [0, 0.05) is 23.6 Å². The van der Waals surface area contributed by atoms with E-state index in [0.29, 0.717) is 24.3 Å². The summed E-state index contributed by atoms with van der Waals surface area (Å²) in [5.41, 5.74) is 0.0640. The summed E-state index contributed by atoms with van der Waals surface area (Å²) in [4.78, 5) is 29.3. The molecule has 1 amide bonds. The first-order chi connectivity index (χ1) is 15.1. The normalized spacial score (nSPS) is 11.7. The van der Waals surface area contributed by atoms with Gasteiger partial charge in [0.15, 0.2) is 0 Å². The van der Waals surface area contributed by atoms with Crippen LogP contribution >= 0.6 is 0 Å². The molecular weight excluding hydrogens is 435 g/mol. The van der Waals surface area contributed by atoms with Crippen molar-refractivity contribution in [1.82, 2.24) is 10.3 Å². The van der Waals surface area contributed by atoms with Crippen molar-refractivity contribution in [2.24, 2.45) is 0 Å². The van der Waals surface area contributed by atoms with E-state index in [4.69, 9.17) is 0 Å². The first-order valence-electron chi connectivity index (χ1n) is 10.2. The summed E-state index contributed by atoms with van der Waals surface area (Å²) in [5.74, 6) is -0.999. The molecule has 170 valence electrons. The van der Waals surface area contributed by atoms with Crippen molar-refractivity contribution in [2.75, 3.05) is 38.0 Å². The Kier molecular flexibility index (Phi) is 6.95. The van der Waals surface area contributed by atoms with Gasteiger partial charge in [-0.05, 0) is 49.4 Å². The van der Waals surface area contributed by atoms with E-state index in [2.05, 4.69) is 10.3 Å². The van der Waals surface area contributed by atoms with Crippen LogP contribution in [0.1, 0.15) is 17.3 Å². The lowest BCUT2D eigenvalue weighted by Crippen LogP contribution is -3.06. The number of amides is 1. The number of carbonyl (C=O) groups is 1. The largest absolute Gasteiger partial charge is 0.360 e. The lowest BCUT2D eigenvalue weighted by Gasteiger charge is -2.23. The molecule has 2 aromatic carbocycles. The van der Waals surface area contributed by atoms with E-state index in [1.165, 1.54) is 48.7 Å². The number of nitrogens with zero attached hydrogens (tertiary/aromatic N) is 1. The highest BCUT2D eigenvalue weighted by atomic mass is 32.2. The van der Waals surface area contributed by atoms with E-state index < -0.39 is 27.2 Å². The molecule has 1 heterocycles. The van der Waals surface area contributed by atoms with E-state index in [0.717, 1.165) is 9.21 Å². The number of benzene rings is 2. The molecule has 0 unspecified atom stereocenters. The maximum absolute atomic E-state index is 13.3. The van der Waals surface area contributed by atoms with Gasteiger partial charge < -0.3 is 15.2 Å². The van der Waals surface area contributed by atoms with Crippen LogP contribution in [0.5, 0.6) is 0 Å². The Balaban J connectivity index is 2.00. The Morgan fingerprint density at radius 3 is 2.47 bits per heavy atom. The van der Waals surface area contributed by atoms with Crippen LogP contribution in [-0.4, -0.2) is 53.0 Å². The van der Waals surface area contributed by atoms with E-state index in [1.54, 1.807) is 6.92 Å². The zero-order valence-corrected chi connectivity index (χ0v) is 18.9. The number of carbonyl (C=O) groups excluding carboxylic acids is 1. The third-order valence-electron chi connectivity index (χ3n) is 5.00. The van der Waals surface area contributed by atoms with Gasteiger partial charge in [0.25, 0.3) is 15.9 Å². The number of hydrogen-bond donors (Lipinski definition) is 3. The molecule has 0 saturated carbocycles. The summed E-state index contributed by atoms with van der Waals surface area (Å²) in [7, 11) is -0.133. The molecule has 1 aromatic heterocycles. The average molecular weight is 462 g/mol. The Bertz CT molecular complexity index is 1290. The van der Waals surface area contributed by atoms with Crippen molar-refractivity contribution in [3.63, 3.8) is 0 Å². The van der Waals surface area contributed by atoms with Crippen molar-refractivity contribution < 1.29 is 22.5 Å². The number of H-pyrrole nitrogens is 1. The van der Waals surface area contributed by atoms with Crippen LogP contribution in [0, 0.1) is 5.82 Å². The maximum atomic E-state index is 13.3. The molecule has 0 fully saturated rings. The molecular formula is C22H26FN4O4S+. The van der Waals surface area contributed by atoms with Gasteiger partial charge in [-0.2, -0.15) is 0 Å². The number of hydrogen-bond acceptors (Lipinski definition) is 4. The molecule has 0 atom stereocenters. The van der Waals surface area contributed by atoms with Crippen molar-refractivity contribution in [2.45, 2.75) is 11.8 Å². The minimum atomic E-state index is -4.03. The monoisotopic (exact) mass is 461 g/mol. The minimum Gasteiger partial charge on any atom is -0.360 e. The summed E-state index contributed by atoms with van der Waals surface area (Å²) in [6.45, 7) is 2.86. The van der Waals surface area contributed by atoms with Crippen LogP contribution in [0.4, 0.5) is 10.1 Å². The smallest absolute Gasteiger partial charge is 0.264 e. The van der Waals surface area contributed by atoms with Gasteiger partial charge in [0.2, 0.25) is 5.43 Å². The fourth-order valence-corrected chi connectivity index (χ4v) is 4.77. The second-order valence-electron chi connectivity index (χ2n) is 7.60. The topological polar surface area (TPSA) is 104 Å². The molecule has 0 aliphatic heterocycles. The number of quaternary nitrogens is 1. The predicted molar refractivity (Wildman–Crippen MR) is 121 cm³/mol. The molecule has 0 aliphatic carbocycles. The molecule has 0 aliphatic rings. The van der Waals surface area contributed by atoms with Crippen molar-refractivity contribution >= 4 is 32.5 Å². The van der Waals surface area contributed by atoms with E-state index in [-0.39, 0.29) is 22.4 Å². The molecule has 0 bridgehead atoms. The standard InChI is InChI=1S/C22H25FN4O4S/c1-4-27(16-7-5-15(23)6-8-16)32(30,31)17-9-10-20-18(13-17)21(28)19(14-25-20)22(29)24-11-12-26(2)3/h5-10,13-14H,4,11-12H2,1-3H3,(H,24,29)(H,25,28)/p+1. The molecule has 3 N–H and O–H groups in total. The molecule has 3 rings (SSSR count). The molecule has 10 heteroatoms. The molecule has 8 nitrogen and oxygen atoms in total. The quantitative estimate of drug-likeness (QED) is 0.461. The van der Waals surface area contributed by atoms with E-state index in [9.17, 15) is 22.4 Å². The highest BCUT2D eigenvalue weighted by Crippen LogP contribution is 2.25. The summed E-state index contributed by atoms with van der Waals surface area (Å²) in [6.07, 6.45) is 1.33. The number of sulfonamides is 1. The molecule has 0 spiro atoms. The van der Waals surface area contributed by atoms with Gasteiger partial charge in [-0.1, -0.05) is 0 Å². The number of halogens is 1. The number of nitrogens with one attached hydrogen (secondary N) is 3. The highest BCUT2D eigenvalue weighted by Gasteiger charge is 2.25. The molecule has 3 aromatic rings. The lowest BCUT2D eigenvalue weighted by molar-refractivity contribution is -0.856. The molecule has 32 heavy (non-hydrogen) atoms. The third kappa shape index (κ3) is 4.81. The number of anilines is 1. The van der Waals surface area contributed by atoms with E-state index in [1.807, 2.05) is 14.1 Å². The summed E-state index contributed by atoms with van der Waals surface area (Å²) in [6, 6.07) is 9.25. The van der Waals surface area contributed by atoms with Crippen LogP contribution in [0.3, 0.4) is 0 Å². The third-order valence-corrected chi connectivity index (χ3v) is 6.90. The van der Waals surface area contributed by atoms with Crippen LogP contribution in [0.25, 0.3) is 10.9 Å². The van der Waals surface area contributed by atoms with Gasteiger partial charge in [-0.25, -0.2) is 12.8 Å². The lowest BCUT2D eigenvalue weighted by atomic mass is 10.1. The fourth-order valence-electron chi connectivity index (χ4n) is 3.27. The predicted octanol–water partition coefficient (Wildman–Crippen LogP) is 0.757. The van der Waals surface area contributed by atoms with Gasteiger partial charge >= 0.3 is 0 Å². The summed E-state index contributed by atoms with van der Waals surface area (Å²) < 4.78 is 40.9. The second kappa shape index (κ2) is 9.49. The first kappa shape index (κ1) is 23.4. The summed E-state index contributed by atoms with van der Waals surface area (Å²) >= 11 is 0. The number of aromatic amines is 1. The number of pyridine rings is 1. The molecule has 0 saturated heterocycles. The number of fused-ring (bicyclic) bond motifs is 1. The highest BCUT2D eigenvalue weighted by molar-refractivity contribution is 7.92. The zero-order valence-electron chi connectivity index (χ0n) is 18.1. The van der Waals surface area contributed by atoms with E-state index >= 15 is 0 Å². The Hall–Kier alpha value is -3.24. The summed E-state index contributed by atoms with van der Waals surface area (Å²) in [5, 5.41) is 2.79. The van der Waals surface area contributed by atoms with Crippen molar-refractivity contribution in [3.8, 4) is 0 Å². The van der Waals surface area contributed by atoms with Gasteiger partial charge in [-0.15, -0.1) is 0 Å². The van der Waals surface area contributed by atoms with Gasteiger partial charge in [0.05, 0.1) is 37.8 Å². The van der Waals surface area contributed by atoms with Crippen LogP contribution in [-0.2, 0) is 10.0 Å². The van der Waals surface area contributed by atoms with Crippen LogP contribution in [0.15, 0.2) is 58.4 Å². The van der Waals surface area contributed by atoms with Gasteiger partial charge in [-0.3, -0.25) is 13.9 Å². The van der Waals surface area contributed by atoms with Crippen molar-refractivity contribution in [3.05, 3.63) is 70.3 Å². The molecule has 0 radical (unpaired) electrons. The van der Waals surface area contributed by atoms with Crippen LogP contribution in [0.2, 0.25) is 0 Å². The van der Waals surface area contributed by atoms with Gasteiger partial charge in [0.1, 0.15) is 11.4 Å². The SMILES string of the molecule is CCN(c1ccc(F)cc1)S(=O)(=O)c1ccc2[nH]cc(C(=O)NCC[NH+](C)C)c(=O)c2c1. The fraction of sp³-hybridized carbons (Fsp3) is 0.273. The number of aromatic nitrogens is 1. The Morgan fingerprint density at radius 2 is 1.84 bits per heavy atom. The maximum Gasteiger partial charge on any atom is 0.264 e. The van der Waals surface area contributed by atoms with Crippen molar-refractivity contribution in [1.29, 1.82) is 0 Å². The average Bonchev–Trinajstić information content (AvgIpc) is 2.75. The Morgan fingerprint density at radius 1 is 1.16 bits per heavy atom.